The van der Waals surface area contributed by atoms with E-state index >= 15 is 0 Å². The van der Waals surface area contributed by atoms with Gasteiger partial charge in [0.05, 0.1) is 8.67 Å². The fourth-order valence-corrected chi connectivity index (χ4v) is 2.53. The molecule has 1 unspecified atom stereocenters. The van der Waals surface area contributed by atoms with Crippen LogP contribution < -0.4 is 11.5 Å². The minimum Gasteiger partial charge on any atom is -0.370 e. The molecule has 3 nitrogen and oxygen atoms in total. The van der Waals surface area contributed by atoms with Crippen molar-refractivity contribution in [3.8, 4) is 0 Å². The SMILES string of the molecule is NC(=O)CC(N)c1cc(Cl)sc1Cl. The van der Waals surface area contributed by atoms with E-state index in [0.29, 0.717) is 14.2 Å². The average molecular weight is 239 g/mol. The third-order valence-corrected chi connectivity index (χ3v) is 3.02. The molecule has 0 aliphatic carbocycles. The molecular formula is C7H8Cl2N2OS. The van der Waals surface area contributed by atoms with Gasteiger partial charge in [-0.15, -0.1) is 11.3 Å². The summed E-state index contributed by atoms with van der Waals surface area (Å²) in [6.07, 6.45) is 0.0762. The van der Waals surface area contributed by atoms with Crippen molar-refractivity contribution in [1.29, 1.82) is 0 Å². The highest BCUT2D eigenvalue weighted by atomic mass is 35.5. The van der Waals surface area contributed by atoms with Crippen LogP contribution in [0.15, 0.2) is 6.07 Å². The molecule has 0 spiro atoms. The molecule has 0 fully saturated rings. The molecule has 0 aliphatic rings. The second-order valence-electron chi connectivity index (χ2n) is 2.56. The molecule has 6 heteroatoms. The number of thiophene rings is 1. The predicted octanol–water partition coefficient (Wildman–Crippen LogP) is 1.93. The van der Waals surface area contributed by atoms with E-state index in [2.05, 4.69) is 0 Å². The lowest BCUT2D eigenvalue weighted by Gasteiger charge is -2.06. The first kappa shape index (κ1) is 10.8. The van der Waals surface area contributed by atoms with Crippen LogP contribution in [0.3, 0.4) is 0 Å². The van der Waals surface area contributed by atoms with Crippen molar-refractivity contribution in [3.05, 3.63) is 20.3 Å². The lowest BCUT2D eigenvalue weighted by molar-refractivity contribution is -0.118. The molecular weight excluding hydrogens is 231 g/mol. The fraction of sp³-hybridized carbons (Fsp3) is 0.286. The monoisotopic (exact) mass is 238 g/mol. The summed E-state index contributed by atoms with van der Waals surface area (Å²) in [6.45, 7) is 0. The topological polar surface area (TPSA) is 69.1 Å². The summed E-state index contributed by atoms with van der Waals surface area (Å²) in [7, 11) is 0. The van der Waals surface area contributed by atoms with E-state index in [9.17, 15) is 4.79 Å². The Morgan fingerprint density at radius 1 is 1.62 bits per heavy atom. The Morgan fingerprint density at radius 2 is 2.23 bits per heavy atom. The number of nitrogens with two attached hydrogens (primary N) is 2. The minimum absolute atomic E-state index is 0.0762. The third-order valence-electron chi connectivity index (χ3n) is 1.50. The number of amides is 1. The van der Waals surface area contributed by atoms with Gasteiger partial charge in [0.2, 0.25) is 5.91 Å². The predicted molar refractivity (Wildman–Crippen MR) is 55.1 cm³/mol. The van der Waals surface area contributed by atoms with Crippen LogP contribution in [-0.4, -0.2) is 5.91 Å². The van der Waals surface area contributed by atoms with Crippen LogP contribution in [0.1, 0.15) is 18.0 Å². The molecule has 1 aromatic heterocycles. The first-order valence-electron chi connectivity index (χ1n) is 3.49. The Kier molecular flexibility index (Phi) is 3.55. The van der Waals surface area contributed by atoms with Crippen LogP contribution >= 0.6 is 34.5 Å². The van der Waals surface area contributed by atoms with Crippen molar-refractivity contribution < 1.29 is 4.79 Å². The zero-order chi connectivity index (χ0) is 10.0. The molecule has 0 saturated heterocycles. The number of hydrogen-bond acceptors (Lipinski definition) is 3. The van der Waals surface area contributed by atoms with Gasteiger partial charge in [0.25, 0.3) is 0 Å². The van der Waals surface area contributed by atoms with Crippen molar-refractivity contribution in [2.75, 3.05) is 0 Å². The number of rotatable bonds is 3. The van der Waals surface area contributed by atoms with E-state index in [1.54, 1.807) is 6.07 Å². The lowest BCUT2D eigenvalue weighted by Crippen LogP contribution is -2.20. The third kappa shape index (κ3) is 2.84. The maximum Gasteiger partial charge on any atom is 0.219 e. The van der Waals surface area contributed by atoms with Gasteiger partial charge in [-0.1, -0.05) is 23.2 Å². The highest BCUT2D eigenvalue weighted by molar-refractivity contribution is 7.20. The average Bonchev–Trinajstić information content (AvgIpc) is 2.28. The molecule has 1 heterocycles. The normalized spacial score (nSPS) is 12.8. The van der Waals surface area contributed by atoms with E-state index in [-0.39, 0.29) is 6.42 Å². The Morgan fingerprint density at radius 3 is 2.62 bits per heavy atom. The van der Waals surface area contributed by atoms with E-state index in [4.69, 9.17) is 34.7 Å². The van der Waals surface area contributed by atoms with Gasteiger partial charge in [0, 0.05) is 18.0 Å². The molecule has 1 amide bonds. The van der Waals surface area contributed by atoms with Gasteiger partial charge in [0.1, 0.15) is 0 Å². The summed E-state index contributed by atoms with van der Waals surface area (Å²) in [4.78, 5) is 10.6. The summed E-state index contributed by atoms with van der Waals surface area (Å²) in [6, 6.07) is 1.19. The maximum absolute atomic E-state index is 10.6. The zero-order valence-corrected chi connectivity index (χ0v) is 8.92. The van der Waals surface area contributed by atoms with Gasteiger partial charge in [-0.3, -0.25) is 4.79 Å². The van der Waals surface area contributed by atoms with E-state index in [1.807, 2.05) is 0 Å². The largest absolute Gasteiger partial charge is 0.370 e. The van der Waals surface area contributed by atoms with Crippen molar-refractivity contribution in [1.82, 2.24) is 0 Å². The summed E-state index contributed by atoms with van der Waals surface area (Å²) in [5.41, 5.74) is 11.3. The molecule has 0 aromatic carbocycles. The Bertz CT molecular complexity index is 326. The fourth-order valence-electron chi connectivity index (χ4n) is 0.932. The van der Waals surface area contributed by atoms with E-state index in [1.165, 1.54) is 11.3 Å². The van der Waals surface area contributed by atoms with Gasteiger partial charge in [-0.05, 0) is 6.07 Å². The zero-order valence-electron chi connectivity index (χ0n) is 6.59. The summed E-state index contributed by atoms with van der Waals surface area (Å²) in [5.74, 6) is -0.453. The van der Waals surface area contributed by atoms with E-state index in [0.717, 1.165) is 0 Å². The number of halogens is 2. The van der Waals surface area contributed by atoms with Gasteiger partial charge in [0.15, 0.2) is 0 Å². The van der Waals surface area contributed by atoms with Crippen LogP contribution in [0, 0.1) is 0 Å². The quantitative estimate of drug-likeness (QED) is 0.846. The van der Waals surface area contributed by atoms with Gasteiger partial charge >= 0.3 is 0 Å². The minimum atomic E-state index is -0.464. The van der Waals surface area contributed by atoms with Crippen LogP contribution in [0.4, 0.5) is 0 Å². The van der Waals surface area contributed by atoms with E-state index < -0.39 is 11.9 Å². The molecule has 1 aromatic rings. The van der Waals surface area contributed by atoms with Crippen molar-refractivity contribution in [2.45, 2.75) is 12.5 Å². The molecule has 0 saturated carbocycles. The second-order valence-corrected chi connectivity index (χ2v) is 4.84. The number of carbonyl (C=O) groups is 1. The van der Waals surface area contributed by atoms with Gasteiger partial charge in [-0.25, -0.2) is 0 Å². The number of primary amides is 1. The van der Waals surface area contributed by atoms with Crippen LogP contribution in [0.5, 0.6) is 0 Å². The van der Waals surface area contributed by atoms with Gasteiger partial charge in [-0.2, -0.15) is 0 Å². The Hall–Kier alpha value is -0.290. The van der Waals surface area contributed by atoms with Crippen LogP contribution in [0.2, 0.25) is 8.67 Å². The lowest BCUT2D eigenvalue weighted by atomic mass is 10.1. The Balaban J connectivity index is 2.81. The highest BCUT2D eigenvalue weighted by Crippen LogP contribution is 2.34. The van der Waals surface area contributed by atoms with Crippen molar-refractivity contribution in [3.63, 3.8) is 0 Å². The highest BCUT2D eigenvalue weighted by Gasteiger charge is 2.15. The standard InChI is InChI=1S/C7H8Cl2N2OS/c8-5-1-3(7(9)13-5)4(10)2-6(11)12/h1,4H,2,10H2,(H2,11,12). The van der Waals surface area contributed by atoms with Crippen molar-refractivity contribution in [2.24, 2.45) is 11.5 Å². The molecule has 0 aliphatic heterocycles. The summed E-state index contributed by atoms with van der Waals surface area (Å²) < 4.78 is 1.07. The van der Waals surface area contributed by atoms with Crippen LogP contribution in [-0.2, 0) is 4.79 Å². The number of carbonyl (C=O) groups excluding carboxylic acids is 1. The van der Waals surface area contributed by atoms with Crippen molar-refractivity contribution >= 4 is 40.4 Å². The molecule has 1 rings (SSSR count). The summed E-state index contributed by atoms with van der Waals surface area (Å²) >= 11 is 12.8. The molecule has 0 radical (unpaired) electrons. The molecule has 13 heavy (non-hydrogen) atoms. The maximum atomic E-state index is 10.6. The molecule has 72 valence electrons. The van der Waals surface area contributed by atoms with Gasteiger partial charge < -0.3 is 11.5 Å². The Labute approximate surface area is 89.6 Å². The summed E-state index contributed by atoms with van der Waals surface area (Å²) in [5, 5.41) is 0. The smallest absolute Gasteiger partial charge is 0.219 e. The van der Waals surface area contributed by atoms with Crippen LogP contribution in [0.25, 0.3) is 0 Å². The first-order valence-corrected chi connectivity index (χ1v) is 5.06. The second kappa shape index (κ2) is 4.28. The first-order chi connectivity index (χ1) is 6.00. The molecule has 0 bridgehead atoms. The molecule has 4 N–H and O–H groups in total. The molecule has 1 atom stereocenters. The number of hydrogen-bond donors (Lipinski definition) is 2.